The Morgan fingerprint density at radius 2 is 1.90 bits per heavy atom. The molecule has 0 spiro atoms. The first-order chi connectivity index (χ1) is 13.5. The molecule has 4 rings (SSSR count). The van der Waals surface area contributed by atoms with Gasteiger partial charge in [-0.1, -0.05) is 31.2 Å². The first kappa shape index (κ1) is 21.0. The van der Waals surface area contributed by atoms with Crippen molar-refractivity contribution in [2.45, 2.75) is 32.7 Å². The summed E-state index contributed by atoms with van der Waals surface area (Å²) in [4.78, 5) is 14.5. The SMILES string of the molecule is CC(C)c1ccc(-n2cc(-n3cc(C(=O)N4CCN[C@@H](C)C4)nn3)cn2)cc1.Cl. The lowest BCUT2D eigenvalue weighted by Crippen LogP contribution is -2.51. The largest absolute Gasteiger partial charge is 0.334 e. The number of rotatable bonds is 4. The average Bonchev–Trinajstić information content (AvgIpc) is 3.37. The van der Waals surface area contributed by atoms with Crippen LogP contribution in [0.5, 0.6) is 0 Å². The minimum atomic E-state index is -0.0868. The molecule has 1 atom stereocenters. The van der Waals surface area contributed by atoms with Crippen molar-refractivity contribution in [1.82, 2.24) is 35.0 Å². The number of aromatic nitrogens is 5. The molecule has 1 amide bonds. The van der Waals surface area contributed by atoms with Crippen molar-refractivity contribution < 1.29 is 4.79 Å². The second kappa shape index (κ2) is 8.75. The zero-order valence-electron chi connectivity index (χ0n) is 16.8. The van der Waals surface area contributed by atoms with Gasteiger partial charge in [-0.15, -0.1) is 17.5 Å². The fourth-order valence-electron chi connectivity index (χ4n) is 3.35. The number of hydrogen-bond acceptors (Lipinski definition) is 5. The third kappa shape index (κ3) is 4.49. The Kier molecular flexibility index (Phi) is 6.34. The third-order valence-corrected chi connectivity index (χ3v) is 5.03. The number of carbonyl (C=O) groups excluding carboxylic acids is 1. The molecule has 1 aromatic carbocycles. The molecule has 1 fully saturated rings. The summed E-state index contributed by atoms with van der Waals surface area (Å²) < 4.78 is 3.38. The summed E-state index contributed by atoms with van der Waals surface area (Å²) in [5.41, 5.74) is 3.37. The Balaban J connectivity index is 0.00000240. The monoisotopic (exact) mass is 415 g/mol. The van der Waals surface area contributed by atoms with Crippen molar-refractivity contribution in [3.05, 3.63) is 54.1 Å². The predicted octanol–water partition coefficient (Wildman–Crippen LogP) is 2.43. The van der Waals surface area contributed by atoms with Crippen molar-refractivity contribution in [2.24, 2.45) is 0 Å². The standard InChI is InChI=1S/C20H25N7O.ClH/c1-14(2)16-4-6-17(7-5-16)26-12-18(10-22-26)27-13-19(23-24-27)20(28)25-9-8-21-15(3)11-25;/h4-7,10,12-15,21H,8-9,11H2,1-3H3;1H/t15-;/m0./s1. The van der Waals surface area contributed by atoms with E-state index in [0.717, 1.165) is 17.9 Å². The number of hydrogen-bond donors (Lipinski definition) is 1. The highest BCUT2D eigenvalue weighted by atomic mass is 35.5. The van der Waals surface area contributed by atoms with Crippen LogP contribution in [0.15, 0.2) is 42.9 Å². The van der Waals surface area contributed by atoms with Crippen LogP contribution in [0.3, 0.4) is 0 Å². The first-order valence-electron chi connectivity index (χ1n) is 9.61. The lowest BCUT2D eigenvalue weighted by molar-refractivity contribution is 0.0703. The normalized spacial score (nSPS) is 16.7. The Morgan fingerprint density at radius 1 is 1.14 bits per heavy atom. The van der Waals surface area contributed by atoms with Crippen molar-refractivity contribution in [1.29, 1.82) is 0 Å². The Labute approximate surface area is 176 Å². The molecule has 2 aromatic heterocycles. The fraction of sp³-hybridized carbons (Fsp3) is 0.400. The minimum absolute atomic E-state index is 0. The molecule has 1 saturated heterocycles. The molecule has 0 unspecified atom stereocenters. The predicted molar refractivity (Wildman–Crippen MR) is 113 cm³/mol. The van der Waals surface area contributed by atoms with Gasteiger partial charge in [-0.3, -0.25) is 4.79 Å². The summed E-state index contributed by atoms with van der Waals surface area (Å²) >= 11 is 0. The van der Waals surface area contributed by atoms with Crippen molar-refractivity contribution in [3.8, 4) is 11.4 Å². The zero-order chi connectivity index (χ0) is 19.7. The van der Waals surface area contributed by atoms with E-state index in [1.54, 1.807) is 21.8 Å². The van der Waals surface area contributed by atoms with Crippen LogP contribution in [0.2, 0.25) is 0 Å². The molecule has 29 heavy (non-hydrogen) atoms. The van der Waals surface area contributed by atoms with Crippen LogP contribution in [-0.4, -0.2) is 61.3 Å². The van der Waals surface area contributed by atoms with Gasteiger partial charge in [0.1, 0.15) is 5.69 Å². The van der Waals surface area contributed by atoms with E-state index in [0.29, 0.717) is 24.7 Å². The highest BCUT2D eigenvalue weighted by Gasteiger charge is 2.24. The maximum Gasteiger partial charge on any atom is 0.276 e. The van der Waals surface area contributed by atoms with Crippen molar-refractivity contribution >= 4 is 18.3 Å². The summed E-state index contributed by atoms with van der Waals surface area (Å²) in [7, 11) is 0. The number of halogens is 1. The van der Waals surface area contributed by atoms with Gasteiger partial charge in [0.15, 0.2) is 5.69 Å². The molecule has 154 valence electrons. The number of carbonyl (C=O) groups is 1. The van der Waals surface area contributed by atoms with Gasteiger partial charge < -0.3 is 10.2 Å². The van der Waals surface area contributed by atoms with Crippen molar-refractivity contribution in [3.63, 3.8) is 0 Å². The van der Waals surface area contributed by atoms with E-state index in [9.17, 15) is 4.79 Å². The summed E-state index contributed by atoms with van der Waals surface area (Å²) in [5, 5.41) is 15.9. The van der Waals surface area contributed by atoms with Crippen molar-refractivity contribution in [2.75, 3.05) is 19.6 Å². The van der Waals surface area contributed by atoms with Crippen LogP contribution in [0, 0.1) is 0 Å². The maximum atomic E-state index is 12.7. The smallest absolute Gasteiger partial charge is 0.276 e. The van der Waals surface area contributed by atoms with E-state index < -0.39 is 0 Å². The Hall–Kier alpha value is -2.71. The second-order valence-corrected chi connectivity index (χ2v) is 7.54. The van der Waals surface area contributed by atoms with Gasteiger partial charge in [0.2, 0.25) is 0 Å². The summed E-state index contributed by atoms with van der Waals surface area (Å²) in [5.74, 6) is 0.406. The summed E-state index contributed by atoms with van der Waals surface area (Å²) in [6, 6.07) is 8.61. The van der Waals surface area contributed by atoms with Gasteiger partial charge >= 0.3 is 0 Å². The van der Waals surface area contributed by atoms with Crippen LogP contribution >= 0.6 is 12.4 Å². The number of amides is 1. The van der Waals surface area contributed by atoms with E-state index in [2.05, 4.69) is 53.6 Å². The van der Waals surface area contributed by atoms with E-state index in [1.807, 2.05) is 23.2 Å². The molecule has 0 saturated carbocycles. The molecular formula is C20H26ClN7O. The average molecular weight is 416 g/mol. The Morgan fingerprint density at radius 3 is 2.59 bits per heavy atom. The Bertz CT molecular complexity index is 963. The third-order valence-electron chi connectivity index (χ3n) is 5.03. The van der Waals surface area contributed by atoms with E-state index in [-0.39, 0.29) is 24.4 Å². The number of benzene rings is 1. The second-order valence-electron chi connectivity index (χ2n) is 7.54. The first-order valence-corrected chi connectivity index (χ1v) is 9.61. The number of piperazine rings is 1. The van der Waals surface area contributed by atoms with E-state index in [4.69, 9.17) is 0 Å². The van der Waals surface area contributed by atoms with Gasteiger partial charge in [-0.25, -0.2) is 9.36 Å². The molecule has 3 aromatic rings. The zero-order valence-corrected chi connectivity index (χ0v) is 17.6. The molecule has 0 radical (unpaired) electrons. The molecule has 3 heterocycles. The molecule has 1 aliphatic heterocycles. The van der Waals surface area contributed by atoms with Gasteiger partial charge in [0.05, 0.1) is 24.3 Å². The topological polar surface area (TPSA) is 80.9 Å². The maximum absolute atomic E-state index is 12.7. The highest BCUT2D eigenvalue weighted by Crippen LogP contribution is 2.17. The minimum Gasteiger partial charge on any atom is -0.334 e. The van der Waals surface area contributed by atoms with Crippen LogP contribution in [0.4, 0.5) is 0 Å². The molecule has 1 N–H and O–H groups in total. The van der Waals surface area contributed by atoms with Crippen LogP contribution in [0.1, 0.15) is 42.7 Å². The van der Waals surface area contributed by atoms with Crippen LogP contribution in [-0.2, 0) is 0 Å². The molecule has 0 aliphatic carbocycles. The van der Waals surface area contributed by atoms with Gasteiger partial charge in [0.25, 0.3) is 5.91 Å². The molecule has 0 bridgehead atoms. The van der Waals surface area contributed by atoms with Gasteiger partial charge in [0, 0.05) is 25.7 Å². The summed E-state index contributed by atoms with van der Waals surface area (Å²) in [6.45, 7) is 8.56. The van der Waals surface area contributed by atoms with Crippen LogP contribution in [0.25, 0.3) is 11.4 Å². The highest BCUT2D eigenvalue weighted by molar-refractivity contribution is 5.92. The lowest BCUT2D eigenvalue weighted by Gasteiger charge is -2.31. The van der Waals surface area contributed by atoms with Crippen LogP contribution < -0.4 is 5.32 Å². The molecule has 1 aliphatic rings. The number of nitrogens with zero attached hydrogens (tertiary/aromatic N) is 6. The number of nitrogens with one attached hydrogen (secondary N) is 1. The van der Waals surface area contributed by atoms with E-state index >= 15 is 0 Å². The lowest BCUT2D eigenvalue weighted by atomic mass is 10.0. The van der Waals surface area contributed by atoms with Gasteiger partial charge in [-0.2, -0.15) is 5.10 Å². The van der Waals surface area contributed by atoms with Gasteiger partial charge in [-0.05, 0) is 30.5 Å². The summed E-state index contributed by atoms with van der Waals surface area (Å²) in [6.07, 6.45) is 5.25. The molecule has 8 nitrogen and oxygen atoms in total. The quantitative estimate of drug-likeness (QED) is 0.707. The van der Waals surface area contributed by atoms with E-state index in [1.165, 1.54) is 5.56 Å². The molecular weight excluding hydrogens is 390 g/mol. The molecule has 9 heteroatoms. The fourth-order valence-corrected chi connectivity index (χ4v) is 3.35.